The molecule has 1 fully saturated rings. The first kappa shape index (κ1) is 15.7. The standard InChI is InChI=1S/C15H24N4O2/c1-3-16-14-10-17-13(9-18-14)11-19-7-5-12(6-8-19)15(20)21-4-2/h9-10,12H,3-8,11H2,1-2H3,(H,16,18). The van der Waals surface area contributed by atoms with Crippen LogP contribution in [0.5, 0.6) is 0 Å². The van der Waals surface area contributed by atoms with E-state index in [9.17, 15) is 4.79 Å². The van der Waals surface area contributed by atoms with Gasteiger partial charge in [-0.15, -0.1) is 0 Å². The van der Waals surface area contributed by atoms with Crippen molar-refractivity contribution in [1.82, 2.24) is 14.9 Å². The van der Waals surface area contributed by atoms with Crippen LogP contribution in [-0.2, 0) is 16.1 Å². The number of carbonyl (C=O) groups excluding carboxylic acids is 1. The second kappa shape index (κ2) is 7.93. The topological polar surface area (TPSA) is 67.4 Å². The largest absolute Gasteiger partial charge is 0.466 e. The van der Waals surface area contributed by atoms with E-state index in [0.717, 1.165) is 50.5 Å². The van der Waals surface area contributed by atoms with Gasteiger partial charge in [0.1, 0.15) is 5.82 Å². The maximum Gasteiger partial charge on any atom is 0.309 e. The maximum absolute atomic E-state index is 11.7. The number of anilines is 1. The molecule has 0 aliphatic carbocycles. The lowest BCUT2D eigenvalue weighted by Crippen LogP contribution is -2.36. The second-order valence-corrected chi connectivity index (χ2v) is 5.23. The van der Waals surface area contributed by atoms with Gasteiger partial charge in [0, 0.05) is 13.1 Å². The van der Waals surface area contributed by atoms with E-state index in [1.807, 2.05) is 20.0 Å². The molecular formula is C15H24N4O2. The summed E-state index contributed by atoms with van der Waals surface area (Å²) in [5, 5.41) is 3.13. The van der Waals surface area contributed by atoms with Gasteiger partial charge < -0.3 is 10.1 Å². The summed E-state index contributed by atoms with van der Waals surface area (Å²) in [7, 11) is 0. The number of likely N-dealkylation sites (tertiary alicyclic amines) is 1. The van der Waals surface area contributed by atoms with E-state index in [1.54, 1.807) is 6.20 Å². The summed E-state index contributed by atoms with van der Waals surface area (Å²) in [4.78, 5) is 22.7. The van der Waals surface area contributed by atoms with Gasteiger partial charge in [0.25, 0.3) is 0 Å². The Balaban J connectivity index is 1.79. The first-order chi connectivity index (χ1) is 10.2. The zero-order chi connectivity index (χ0) is 15.1. The van der Waals surface area contributed by atoms with Gasteiger partial charge in [0.2, 0.25) is 0 Å². The van der Waals surface area contributed by atoms with Gasteiger partial charge >= 0.3 is 5.97 Å². The van der Waals surface area contributed by atoms with Gasteiger partial charge in [-0.05, 0) is 39.8 Å². The van der Waals surface area contributed by atoms with Crippen molar-refractivity contribution in [1.29, 1.82) is 0 Å². The number of hydrogen-bond donors (Lipinski definition) is 1. The first-order valence-corrected chi connectivity index (χ1v) is 7.66. The Morgan fingerprint density at radius 3 is 2.67 bits per heavy atom. The van der Waals surface area contributed by atoms with E-state index in [-0.39, 0.29) is 11.9 Å². The molecule has 1 saturated heterocycles. The van der Waals surface area contributed by atoms with Crippen molar-refractivity contribution in [2.24, 2.45) is 5.92 Å². The molecule has 2 rings (SSSR count). The summed E-state index contributed by atoms with van der Waals surface area (Å²) in [6.07, 6.45) is 5.31. The van der Waals surface area contributed by atoms with Crippen LogP contribution in [0.25, 0.3) is 0 Å². The van der Waals surface area contributed by atoms with Crippen LogP contribution in [0.2, 0.25) is 0 Å². The highest BCUT2D eigenvalue weighted by atomic mass is 16.5. The van der Waals surface area contributed by atoms with Gasteiger partial charge in [-0.2, -0.15) is 0 Å². The number of ether oxygens (including phenoxy) is 1. The molecule has 1 aliphatic rings. The van der Waals surface area contributed by atoms with Gasteiger partial charge in [-0.3, -0.25) is 14.7 Å². The fraction of sp³-hybridized carbons (Fsp3) is 0.667. The third kappa shape index (κ3) is 4.67. The molecule has 6 nitrogen and oxygen atoms in total. The zero-order valence-corrected chi connectivity index (χ0v) is 12.8. The summed E-state index contributed by atoms with van der Waals surface area (Å²) in [5.74, 6) is 0.817. The molecular weight excluding hydrogens is 268 g/mol. The Labute approximate surface area is 125 Å². The number of piperidine rings is 1. The predicted molar refractivity (Wildman–Crippen MR) is 80.8 cm³/mol. The van der Waals surface area contributed by atoms with Crippen molar-refractivity contribution in [3.63, 3.8) is 0 Å². The van der Waals surface area contributed by atoms with Crippen molar-refractivity contribution in [2.45, 2.75) is 33.2 Å². The minimum Gasteiger partial charge on any atom is -0.466 e. The van der Waals surface area contributed by atoms with Crippen LogP contribution >= 0.6 is 0 Å². The molecule has 0 atom stereocenters. The number of carbonyl (C=O) groups is 1. The summed E-state index contributed by atoms with van der Waals surface area (Å²) >= 11 is 0. The van der Waals surface area contributed by atoms with Gasteiger partial charge in [0.05, 0.1) is 30.6 Å². The fourth-order valence-electron chi connectivity index (χ4n) is 2.52. The molecule has 1 aromatic rings. The highest BCUT2D eigenvalue weighted by Crippen LogP contribution is 2.19. The summed E-state index contributed by atoms with van der Waals surface area (Å²) in [5.41, 5.74) is 0.964. The lowest BCUT2D eigenvalue weighted by molar-refractivity contribution is -0.149. The molecule has 0 aromatic carbocycles. The monoisotopic (exact) mass is 292 g/mol. The van der Waals surface area contributed by atoms with Crippen molar-refractivity contribution < 1.29 is 9.53 Å². The smallest absolute Gasteiger partial charge is 0.309 e. The lowest BCUT2D eigenvalue weighted by atomic mass is 9.97. The summed E-state index contributed by atoms with van der Waals surface area (Å²) in [6.45, 7) is 7.78. The van der Waals surface area contributed by atoms with Crippen LogP contribution in [0.4, 0.5) is 5.82 Å². The van der Waals surface area contributed by atoms with E-state index < -0.39 is 0 Å². The van der Waals surface area contributed by atoms with Crippen LogP contribution < -0.4 is 5.32 Å². The highest BCUT2D eigenvalue weighted by molar-refractivity contribution is 5.72. The van der Waals surface area contributed by atoms with Crippen LogP contribution in [0.1, 0.15) is 32.4 Å². The zero-order valence-electron chi connectivity index (χ0n) is 12.8. The number of nitrogens with zero attached hydrogens (tertiary/aromatic N) is 3. The highest BCUT2D eigenvalue weighted by Gasteiger charge is 2.25. The summed E-state index contributed by atoms with van der Waals surface area (Å²) in [6, 6.07) is 0. The van der Waals surface area contributed by atoms with Gasteiger partial charge in [-0.1, -0.05) is 0 Å². The summed E-state index contributed by atoms with van der Waals surface area (Å²) < 4.78 is 5.08. The number of aromatic nitrogens is 2. The molecule has 0 amide bonds. The minimum atomic E-state index is -0.0491. The van der Waals surface area contributed by atoms with Crippen molar-refractivity contribution in [3.8, 4) is 0 Å². The Bertz CT molecular complexity index is 441. The predicted octanol–water partition coefficient (Wildman–Crippen LogP) is 1.68. The molecule has 0 saturated carbocycles. The second-order valence-electron chi connectivity index (χ2n) is 5.23. The molecule has 0 unspecified atom stereocenters. The first-order valence-electron chi connectivity index (χ1n) is 7.66. The number of esters is 1. The fourth-order valence-corrected chi connectivity index (χ4v) is 2.52. The average Bonchev–Trinajstić information content (AvgIpc) is 2.50. The Morgan fingerprint density at radius 1 is 1.33 bits per heavy atom. The number of rotatable bonds is 6. The quantitative estimate of drug-likeness (QED) is 0.805. The molecule has 0 bridgehead atoms. The molecule has 0 spiro atoms. The number of nitrogens with one attached hydrogen (secondary N) is 1. The molecule has 1 aromatic heterocycles. The van der Waals surface area contributed by atoms with Crippen LogP contribution in [0.3, 0.4) is 0 Å². The third-order valence-electron chi connectivity index (χ3n) is 3.66. The molecule has 116 valence electrons. The van der Waals surface area contributed by atoms with Crippen molar-refractivity contribution >= 4 is 11.8 Å². The van der Waals surface area contributed by atoms with Crippen LogP contribution in [0.15, 0.2) is 12.4 Å². The van der Waals surface area contributed by atoms with E-state index in [2.05, 4.69) is 20.2 Å². The molecule has 1 aliphatic heterocycles. The van der Waals surface area contributed by atoms with E-state index in [0.29, 0.717) is 6.61 Å². The minimum absolute atomic E-state index is 0.0491. The lowest BCUT2D eigenvalue weighted by Gasteiger charge is -2.30. The molecule has 1 N–H and O–H groups in total. The molecule has 6 heteroatoms. The van der Waals surface area contributed by atoms with Gasteiger partial charge in [0.15, 0.2) is 0 Å². The van der Waals surface area contributed by atoms with E-state index in [4.69, 9.17) is 4.74 Å². The number of hydrogen-bond acceptors (Lipinski definition) is 6. The Hall–Kier alpha value is -1.69. The Morgan fingerprint density at radius 2 is 2.10 bits per heavy atom. The Kier molecular flexibility index (Phi) is 5.92. The maximum atomic E-state index is 11.7. The van der Waals surface area contributed by atoms with Crippen LogP contribution in [-0.4, -0.2) is 47.1 Å². The SMILES string of the molecule is CCNc1cnc(CN2CCC(C(=O)OCC)CC2)cn1. The van der Waals surface area contributed by atoms with Crippen LogP contribution in [0, 0.1) is 5.92 Å². The van der Waals surface area contributed by atoms with E-state index >= 15 is 0 Å². The van der Waals surface area contributed by atoms with Crippen molar-refractivity contribution in [3.05, 3.63) is 18.1 Å². The normalized spacial score (nSPS) is 16.7. The van der Waals surface area contributed by atoms with Gasteiger partial charge in [-0.25, -0.2) is 4.98 Å². The molecule has 2 heterocycles. The van der Waals surface area contributed by atoms with E-state index in [1.165, 1.54) is 0 Å². The third-order valence-corrected chi connectivity index (χ3v) is 3.66. The molecule has 0 radical (unpaired) electrons. The average molecular weight is 292 g/mol. The van der Waals surface area contributed by atoms with Crippen molar-refractivity contribution in [2.75, 3.05) is 31.6 Å². The molecule has 21 heavy (non-hydrogen) atoms.